The number of aromatic nitrogens is 1. The molecule has 1 aromatic carbocycles. The average molecular weight is 493 g/mol. The second-order valence-electron chi connectivity index (χ2n) is 10.2. The SMILES string of the molecule is C[C@H]1CN([C@@H](C)CO)C(=O)c2cc(-c3ccc(C#N)cc3)cnc2O[C@@H]1CN(C)CC1CCOCC1. The van der Waals surface area contributed by atoms with Crippen molar-refractivity contribution in [1.29, 1.82) is 5.26 Å². The molecule has 0 spiro atoms. The second-order valence-corrected chi connectivity index (χ2v) is 10.2. The molecule has 3 atom stereocenters. The Kier molecular flexibility index (Phi) is 8.57. The molecule has 192 valence electrons. The summed E-state index contributed by atoms with van der Waals surface area (Å²) < 4.78 is 11.9. The number of nitriles is 1. The largest absolute Gasteiger partial charge is 0.472 e. The molecule has 2 aromatic rings. The van der Waals surface area contributed by atoms with E-state index in [1.807, 2.05) is 25.1 Å². The minimum Gasteiger partial charge on any atom is -0.472 e. The smallest absolute Gasteiger partial charge is 0.259 e. The van der Waals surface area contributed by atoms with Crippen LogP contribution in [0.25, 0.3) is 11.1 Å². The van der Waals surface area contributed by atoms with Crippen molar-refractivity contribution in [3.63, 3.8) is 0 Å². The van der Waals surface area contributed by atoms with E-state index in [1.54, 1.807) is 23.2 Å². The first-order chi connectivity index (χ1) is 17.4. The van der Waals surface area contributed by atoms with E-state index >= 15 is 0 Å². The summed E-state index contributed by atoms with van der Waals surface area (Å²) in [5.74, 6) is 0.785. The van der Waals surface area contributed by atoms with Gasteiger partial charge in [-0.3, -0.25) is 4.79 Å². The Morgan fingerprint density at radius 3 is 2.61 bits per heavy atom. The van der Waals surface area contributed by atoms with Gasteiger partial charge in [-0.25, -0.2) is 4.98 Å². The van der Waals surface area contributed by atoms with Gasteiger partial charge in [0.2, 0.25) is 5.88 Å². The normalized spacial score (nSPS) is 21.8. The van der Waals surface area contributed by atoms with Crippen LogP contribution in [0.4, 0.5) is 0 Å². The molecular weight excluding hydrogens is 456 g/mol. The summed E-state index contributed by atoms with van der Waals surface area (Å²) in [4.78, 5) is 22.3. The molecule has 0 unspecified atom stereocenters. The molecule has 1 saturated heterocycles. The van der Waals surface area contributed by atoms with Gasteiger partial charge in [0.25, 0.3) is 5.91 Å². The Balaban J connectivity index is 1.62. The van der Waals surface area contributed by atoms with Gasteiger partial charge in [-0.05, 0) is 56.5 Å². The molecule has 0 radical (unpaired) electrons. The van der Waals surface area contributed by atoms with Crippen molar-refractivity contribution in [2.45, 2.75) is 38.8 Å². The topological polar surface area (TPSA) is 98.9 Å². The lowest BCUT2D eigenvalue weighted by Gasteiger charge is -2.38. The second kappa shape index (κ2) is 11.8. The van der Waals surface area contributed by atoms with Gasteiger partial charge in [0.1, 0.15) is 11.7 Å². The highest BCUT2D eigenvalue weighted by Crippen LogP contribution is 2.30. The van der Waals surface area contributed by atoms with Gasteiger partial charge >= 0.3 is 0 Å². The van der Waals surface area contributed by atoms with Crippen LogP contribution in [0.2, 0.25) is 0 Å². The monoisotopic (exact) mass is 492 g/mol. The van der Waals surface area contributed by atoms with Crippen molar-refractivity contribution in [1.82, 2.24) is 14.8 Å². The van der Waals surface area contributed by atoms with Gasteiger partial charge in [0.05, 0.1) is 24.3 Å². The number of fused-ring (bicyclic) bond motifs is 1. The van der Waals surface area contributed by atoms with E-state index in [-0.39, 0.29) is 30.6 Å². The number of ether oxygens (including phenoxy) is 2. The Hall–Kier alpha value is -2.99. The van der Waals surface area contributed by atoms with Crippen LogP contribution in [0.1, 0.15) is 42.6 Å². The lowest BCUT2D eigenvalue weighted by molar-refractivity contribution is 0.0254. The van der Waals surface area contributed by atoms with Crippen LogP contribution in [0.3, 0.4) is 0 Å². The van der Waals surface area contributed by atoms with Gasteiger partial charge in [0.15, 0.2) is 0 Å². The number of likely N-dealkylation sites (N-methyl/N-ethyl adjacent to an activating group) is 1. The lowest BCUT2D eigenvalue weighted by Crippen LogP contribution is -2.50. The number of rotatable bonds is 7. The maximum Gasteiger partial charge on any atom is 0.259 e. The quantitative estimate of drug-likeness (QED) is 0.634. The molecule has 4 rings (SSSR count). The van der Waals surface area contributed by atoms with Crippen LogP contribution in [0, 0.1) is 23.2 Å². The number of aliphatic hydroxyl groups excluding tert-OH is 1. The summed E-state index contributed by atoms with van der Waals surface area (Å²) >= 11 is 0. The van der Waals surface area contributed by atoms with Crippen LogP contribution < -0.4 is 4.74 Å². The zero-order chi connectivity index (χ0) is 25.7. The third-order valence-electron chi connectivity index (χ3n) is 7.27. The van der Waals surface area contributed by atoms with Crippen molar-refractivity contribution in [2.75, 3.05) is 46.5 Å². The Morgan fingerprint density at radius 2 is 1.94 bits per heavy atom. The molecule has 2 aliphatic heterocycles. The summed E-state index contributed by atoms with van der Waals surface area (Å²) in [6.07, 6.45) is 3.69. The molecule has 0 bridgehead atoms. The lowest BCUT2D eigenvalue weighted by atomic mass is 9.97. The number of hydrogen-bond donors (Lipinski definition) is 1. The zero-order valence-electron chi connectivity index (χ0n) is 21.4. The summed E-state index contributed by atoms with van der Waals surface area (Å²) in [6, 6.07) is 10.8. The van der Waals surface area contributed by atoms with Gasteiger partial charge in [-0.1, -0.05) is 19.1 Å². The highest BCUT2D eigenvalue weighted by molar-refractivity contribution is 5.98. The number of amides is 1. The highest BCUT2D eigenvalue weighted by Gasteiger charge is 2.34. The summed E-state index contributed by atoms with van der Waals surface area (Å²) in [6.45, 7) is 7.65. The summed E-state index contributed by atoms with van der Waals surface area (Å²) in [7, 11) is 2.12. The zero-order valence-corrected chi connectivity index (χ0v) is 21.4. The molecule has 1 aromatic heterocycles. The van der Waals surface area contributed by atoms with E-state index in [4.69, 9.17) is 14.7 Å². The minimum absolute atomic E-state index is 0.0493. The molecule has 8 nitrogen and oxygen atoms in total. The van der Waals surface area contributed by atoms with E-state index in [1.165, 1.54) is 0 Å². The fourth-order valence-corrected chi connectivity index (χ4v) is 4.97. The van der Waals surface area contributed by atoms with E-state index in [0.29, 0.717) is 36.0 Å². The van der Waals surface area contributed by atoms with Crippen LogP contribution >= 0.6 is 0 Å². The molecule has 1 amide bonds. The summed E-state index contributed by atoms with van der Waals surface area (Å²) in [5.41, 5.74) is 2.60. The van der Waals surface area contributed by atoms with Crippen LogP contribution in [-0.4, -0.2) is 84.4 Å². The van der Waals surface area contributed by atoms with Gasteiger partial charge in [-0.15, -0.1) is 0 Å². The van der Waals surface area contributed by atoms with Crippen molar-refractivity contribution < 1.29 is 19.4 Å². The van der Waals surface area contributed by atoms with Crippen molar-refractivity contribution in [2.24, 2.45) is 11.8 Å². The van der Waals surface area contributed by atoms with Crippen LogP contribution in [-0.2, 0) is 4.74 Å². The fraction of sp³-hybridized carbons (Fsp3) is 0.536. The number of aliphatic hydroxyl groups is 1. The molecule has 2 aliphatic rings. The Bertz CT molecular complexity index is 1080. The number of benzene rings is 1. The molecule has 1 fully saturated rings. The maximum absolute atomic E-state index is 13.6. The number of hydrogen-bond acceptors (Lipinski definition) is 7. The molecule has 1 N–H and O–H groups in total. The van der Waals surface area contributed by atoms with Gasteiger partial charge in [0, 0.05) is 50.5 Å². The number of carbonyl (C=O) groups is 1. The summed E-state index contributed by atoms with van der Waals surface area (Å²) in [5, 5.41) is 19.0. The molecule has 0 aliphatic carbocycles. The molecular formula is C28H36N4O4. The van der Waals surface area contributed by atoms with Crippen molar-refractivity contribution in [3.8, 4) is 23.1 Å². The Morgan fingerprint density at radius 1 is 1.22 bits per heavy atom. The predicted octanol–water partition coefficient (Wildman–Crippen LogP) is 3.20. The standard InChI is InChI=1S/C28H36N4O4/c1-19-15-32(20(2)18-33)28(34)25-12-24(23-6-4-21(13-29)5-7-23)14-30-27(25)36-26(19)17-31(3)16-22-8-10-35-11-9-22/h4-7,12,14,19-20,22,26,33H,8-11,15-18H2,1-3H3/t19-,20-,26+/m0/s1. The minimum atomic E-state index is -0.329. The first-order valence-electron chi connectivity index (χ1n) is 12.7. The van der Waals surface area contributed by atoms with Crippen LogP contribution in [0.15, 0.2) is 36.5 Å². The fourth-order valence-electron chi connectivity index (χ4n) is 4.97. The van der Waals surface area contributed by atoms with E-state index < -0.39 is 0 Å². The Labute approximate surface area is 213 Å². The number of carbonyl (C=O) groups excluding carboxylic acids is 1. The molecule has 0 saturated carbocycles. The van der Waals surface area contributed by atoms with E-state index in [0.717, 1.165) is 43.7 Å². The van der Waals surface area contributed by atoms with Gasteiger partial charge < -0.3 is 24.4 Å². The number of nitrogens with zero attached hydrogens (tertiary/aromatic N) is 4. The molecule has 8 heteroatoms. The third kappa shape index (κ3) is 6.04. The third-order valence-corrected chi connectivity index (χ3v) is 7.27. The molecule has 36 heavy (non-hydrogen) atoms. The molecule has 3 heterocycles. The average Bonchev–Trinajstić information content (AvgIpc) is 2.90. The number of pyridine rings is 1. The highest BCUT2D eigenvalue weighted by atomic mass is 16.5. The van der Waals surface area contributed by atoms with Crippen LogP contribution in [0.5, 0.6) is 5.88 Å². The first kappa shape index (κ1) is 26.1. The van der Waals surface area contributed by atoms with Crippen molar-refractivity contribution in [3.05, 3.63) is 47.7 Å². The van der Waals surface area contributed by atoms with E-state index in [9.17, 15) is 9.90 Å². The van der Waals surface area contributed by atoms with E-state index in [2.05, 4.69) is 29.9 Å². The first-order valence-corrected chi connectivity index (χ1v) is 12.7. The van der Waals surface area contributed by atoms with Crippen molar-refractivity contribution >= 4 is 5.91 Å². The van der Waals surface area contributed by atoms with Gasteiger partial charge in [-0.2, -0.15) is 5.26 Å². The maximum atomic E-state index is 13.6. The predicted molar refractivity (Wildman–Crippen MR) is 137 cm³/mol.